The van der Waals surface area contributed by atoms with Gasteiger partial charge >= 0.3 is 5.97 Å². The predicted octanol–water partition coefficient (Wildman–Crippen LogP) is 4.11. The Morgan fingerprint density at radius 2 is 1.94 bits per heavy atom. The van der Waals surface area contributed by atoms with E-state index in [4.69, 9.17) is 4.74 Å². The summed E-state index contributed by atoms with van der Waals surface area (Å²) in [4.78, 5) is 11.7. The summed E-state index contributed by atoms with van der Waals surface area (Å²) in [5, 5.41) is 0. The molecular formula is C15H15IO2. The molecule has 94 valence electrons. The number of allylic oxidation sites excluding steroid dienone is 1. The SMILES string of the molecule is CC1(C)OC(=O)C(C/C=C/c2ccccc2)=C1I. The summed E-state index contributed by atoms with van der Waals surface area (Å²) in [6.07, 6.45) is 4.65. The Bertz CT molecular complexity index is 513. The molecule has 1 heterocycles. The molecule has 1 aliphatic rings. The number of ether oxygens (including phenoxy) is 1. The summed E-state index contributed by atoms with van der Waals surface area (Å²) in [6.45, 7) is 3.83. The molecule has 0 radical (unpaired) electrons. The number of benzene rings is 1. The van der Waals surface area contributed by atoms with Crippen LogP contribution in [0, 0.1) is 0 Å². The number of carbonyl (C=O) groups is 1. The monoisotopic (exact) mass is 354 g/mol. The summed E-state index contributed by atoms with van der Waals surface area (Å²) in [5.41, 5.74) is 1.44. The minimum absolute atomic E-state index is 0.192. The maximum absolute atomic E-state index is 11.7. The van der Waals surface area contributed by atoms with Crippen LogP contribution in [0.15, 0.2) is 45.6 Å². The average molecular weight is 354 g/mol. The van der Waals surface area contributed by atoms with Gasteiger partial charge in [-0.05, 0) is 48.4 Å². The van der Waals surface area contributed by atoms with Crippen molar-refractivity contribution in [2.24, 2.45) is 0 Å². The topological polar surface area (TPSA) is 26.3 Å². The summed E-state index contributed by atoms with van der Waals surface area (Å²) in [5.74, 6) is -0.192. The first kappa shape index (κ1) is 13.3. The van der Waals surface area contributed by atoms with Crippen LogP contribution in [0.2, 0.25) is 0 Å². The fourth-order valence-electron chi connectivity index (χ4n) is 1.84. The Kier molecular flexibility index (Phi) is 3.90. The van der Waals surface area contributed by atoms with Crippen molar-refractivity contribution in [3.63, 3.8) is 0 Å². The van der Waals surface area contributed by atoms with E-state index in [-0.39, 0.29) is 5.97 Å². The molecular weight excluding hydrogens is 339 g/mol. The van der Waals surface area contributed by atoms with E-state index in [0.717, 1.165) is 14.7 Å². The number of esters is 1. The molecule has 0 fully saturated rings. The van der Waals surface area contributed by atoms with Crippen molar-refractivity contribution >= 4 is 34.6 Å². The summed E-state index contributed by atoms with van der Waals surface area (Å²) in [7, 11) is 0. The van der Waals surface area contributed by atoms with Gasteiger partial charge in [0.15, 0.2) is 0 Å². The van der Waals surface area contributed by atoms with Crippen molar-refractivity contribution < 1.29 is 9.53 Å². The molecule has 3 heteroatoms. The van der Waals surface area contributed by atoms with Crippen LogP contribution in [0.4, 0.5) is 0 Å². The molecule has 0 N–H and O–H groups in total. The van der Waals surface area contributed by atoms with Gasteiger partial charge in [0, 0.05) is 3.58 Å². The van der Waals surface area contributed by atoms with Crippen molar-refractivity contribution in [2.45, 2.75) is 25.9 Å². The Morgan fingerprint density at radius 3 is 2.50 bits per heavy atom. The van der Waals surface area contributed by atoms with E-state index in [0.29, 0.717) is 6.42 Å². The highest BCUT2D eigenvalue weighted by atomic mass is 127. The van der Waals surface area contributed by atoms with Gasteiger partial charge in [0.1, 0.15) is 5.60 Å². The summed E-state index contributed by atoms with van der Waals surface area (Å²) in [6, 6.07) is 10.0. The van der Waals surface area contributed by atoms with Crippen LogP contribution in [-0.2, 0) is 9.53 Å². The number of carbonyl (C=O) groups excluding carboxylic acids is 1. The van der Waals surface area contributed by atoms with Gasteiger partial charge in [0.25, 0.3) is 0 Å². The van der Waals surface area contributed by atoms with E-state index >= 15 is 0 Å². The van der Waals surface area contributed by atoms with Crippen LogP contribution in [0.5, 0.6) is 0 Å². The second-order valence-electron chi connectivity index (χ2n) is 4.71. The lowest BCUT2D eigenvalue weighted by Gasteiger charge is -2.16. The summed E-state index contributed by atoms with van der Waals surface area (Å²) >= 11 is 2.21. The second kappa shape index (κ2) is 5.26. The highest BCUT2D eigenvalue weighted by Crippen LogP contribution is 2.38. The van der Waals surface area contributed by atoms with Crippen molar-refractivity contribution in [3.05, 3.63) is 51.1 Å². The minimum atomic E-state index is -0.465. The quantitative estimate of drug-likeness (QED) is 0.603. The molecule has 0 aromatic heterocycles. The lowest BCUT2D eigenvalue weighted by molar-refractivity contribution is -0.144. The highest BCUT2D eigenvalue weighted by molar-refractivity contribution is 14.1. The zero-order chi connectivity index (χ0) is 13.2. The number of hydrogen-bond donors (Lipinski definition) is 0. The fraction of sp³-hybridized carbons (Fsp3) is 0.267. The second-order valence-corrected chi connectivity index (χ2v) is 5.79. The van der Waals surface area contributed by atoms with Crippen molar-refractivity contribution in [1.29, 1.82) is 0 Å². The molecule has 0 saturated carbocycles. The lowest BCUT2D eigenvalue weighted by Crippen LogP contribution is -2.20. The minimum Gasteiger partial charge on any atom is -0.451 e. The smallest absolute Gasteiger partial charge is 0.336 e. The number of hydrogen-bond acceptors (Lipinski definition) is 2. The Balaban J connectivity index is 2.09. The van der Waals surface area contributed by atoms with Crippen LogP contribution in [0.3, 0.4) is 0 Å². The maximum atomic E-state index is 11.7. The van der Waals surface area contributed by atoms with E-state index in [1.54, 1.807) is 0 Å². The van der Waals surface area contributed by atoms with Crippen LogP contribution in [0.1, 0.15) is 25.8 Å². The van der Waals surface area contributed by atoms with Gasteiger partial charge in [-0.1, -0.05) is 42.5 Å². The molecule has 0 saturated heterocycles. The maximum Gasteiger partial charge on any atom is 0.336 e. The average Bonchev–Trinajstić information content (AvgIpc) is 2.52. The highest BCUT2D eigenvalue weighted by Gasteiger charge is 2.38. The first-order valence-corrected chi connectivity index (χ1v) is 6.92. The molecule has 1 aromatic rings. The molecule has 2 rings (SSSR count). The van der Waals surface area contributed by atoms with E-state index in [2.05, 4.69) is 22.6 Å². The van der Waals surface area contributed by atoms with Gasteiger partial charge < -0.3 is 4.74 Å². The summed E-state index contributed by atoms with van der Waals surface area (Å²) < 4.78 is 6.32. The van der Waals surface area contributed by atoms with Gasteiger partial charge in [0.2, 0.25) is 0 Å². The molecule has 0 bridgehead atoms. The lowest BCUT2D eigenvalue weighted by atomic mass is 10.1. The number of cyclic esters (lactones) is 1. The molecule has 0 spiro atoms. The van der Waals surface area contributed by atoms with Gasteiger partial charge in [-0.3, -0.25) is 0 Å². The Morgan fingerprint density at radius 1 is 1.28 bits per heavy atom. The van der Waals surface area contributed by atoms with Gasteiger partial charge in [0.05, 0.1) is 5.57 Å². The molecule has 0 aliphatic carbocycles. The van der Waals surface area contributed by atoms with Crippen LogP contribution < -0.4 is 0 Å². The van der Waals surface area contributed by atoms with Crippen molar-refractivity contribution in [2.75, 3.05) is 0 Å². The van der Waals surface area contributed by atoms with E-state index in [1.807, 2.05) is 56.3 Å². The van der Waals surface area contributed by atoms with Gasteiger partial charge in [-0.2, -0.15) is 0 Å². The van der Waals surface area contributed by atoms with Crippen LogP contribution >= 0.6 is 22.6 Å². The van der Waals surface area contributed by atoms with E-state index in [9.17, 15) is 4.79 Å². The standard InChI is InChI=1S/C15H15IO2/c1-15(2)13(16)12(14(17)18-15)10-6-9-11-7-4-3-5-8-11/h3-9H,10H2,1-2H3/b9-6+. The molecule has 1 aromatic carbocycles. The molecule has 0 unspecified atom stereocenters. The number of halogens is 1. The van der Waals surface area contributed by atoms with Gasteiger partial charge in [-0.25, -0.2) is 4.79 Å². The fourth-order valence-corrected chi connectivity index (χ4v) is 2.39. The Labute approximate surface area is 121 Å². The molecule has 0 atom stereocenters. The van der Waals surface area contributed by atoms with Crippen LogP contribution in [-0.4, -0.2) is 11.6 Å². The molecule has 18 heavy (non-hydrogen) atoms. The molecule has 1 aliphatic heterocycles. The third-order valence-corrected chi connectivity index (χ3v) is 4.77. The first-order chi connectivity index (χ1) is 8.50. The Hall–Kier alpha value is -1.10. The third kappa shape index (κ3) is 2.83. The van der Waals surface area contributed by atoms with Crippen molar-refractivity contribution in [1.82, 2.24) is 0 Å². The largest absolute Gasteiger partial charge is 0.451 e. The molecule has 0 amide bonds. The van der Waals surface area contributed by atoms with Gasteiger partial charge in [-0.15, -0.1) is 0 Å². The zero-order valence-corrected chi connectivity index (χ0v) is 12.6. The van der Waals surface area contributed by atoms with E-state index in [1.165, 1.54) is 0 Å². The first-order valence-electron chi connectivity index (χ1n) is 5.85. The third-order valence-electron chi connectivity index (χ3n) is 2.82. The molecule has 2 nitrogen and oxygen atoms in total. The van der Waals surface area contributed by atoms with E-state index < -0.39 is 5.60 Å². The zero-order valence-electron chi connectivity index (χ0n) is 10.4. The van der Waals surface area contributed by atoms with Crippen molar-refractivity contribution in [3.8, 4) is 0 Å². The number of rotatable bonds is 3. The predicted molar refractivity (Wildman–Crippen MR) is 81.3 cm³/mol. The normalized spacial score (nSPS) is 18.5. The van der Waals surface area contributed by atoms with Crippen LogP contribution in [0.25, 0.3) is 6.08 Å².